The molecule has 40 heavy (non-hydrogen) atoms. The topological polar surface area (TPSA) is 138 Å². The van der Waals surface area contributed by atoms with E-state index in [-0.39, 0.29) is 24.7 Å². The maximum absolute atomic E-state index is 12.0. The summed E-state index contributed by atoms with van der Waals surface area (Å²) >= 11 is 0. The largest absolute Gasteiger partial charge is 0.368 e. The third kappa shape index (κ3) is 5.98. The maximum atomic E-state index is 12.0. The van der Waals surface area contributed by atoms with Gasteiger partial charge in [0.15, 0.2) is 0 Å². The highest BCUT2D eigenvalue weighted by molar-refractivity contribution is 5.95. The third-order valence-corrected chi connectivity index (χ3v) is 6.68. The fourth-order valence-corrected chi connectivity index (χ4v) is 4.64. The summed E-state index contributed by atoms with van der Waals surface area (Å²) in [6.45, 7) is 2.64. The highest BCUT2D eigenvalue weighted by atomic mass is 16.2. The number of fused-ring (bicyclic) bond motifs is 1. The van der Waals surface area contributed by atoms with Crippen LogP contribution in [0.15, 0.2) is 72.9 Å². The van der Waals surface area contributed by atoms with Crippen molar-refractivity contribution in [2.75, 3.05) is 41.7 Å². The van der Waals surface area contributed by atoms with E-state index in [1.54, 1.807) is 23.2 Å². The molecule has 1 aliphatic rings. The van der Waals surface area contributed by atoms with Gasteiger partial charge in [-0.15, -0.1) is 0 Å². The van der Waals surface area contributed by atoms with Gasteiger partial charge in [0.2, 0.25) is 17.8 Å². The molecule has 3 aromatic carbocycles. The summed E-state index contributed by atoms with van der Waals surface area (Å²) in [5.74, 6) is 0.0124. The van der Waals surface area contributed by atoms with Gasteiger partial charge in [0, 0.05) is 60.4 Å². The van der Waals surface area contributed by atoms with E-state index in [1.165, 1.54) is 0 Å². The highest BCUT2D eigenvalue weighted by Crippen LogP contribution is 2.29. The fourth-order valence-electron chi connectivity index (χ4n) is 4.64. The minimum atomic E-state index is -0.344. The van der Waals surface area contributed by atoms with E-state index in [9.17, 15) is 9.59 Å². The average molecular weight is 531 g/mol. The van der Waals surface area contributed by atoms with E-state index >= 15 is 0 Å². The molecule has 0 unspecified atom stereocenters. The molecule has 198 valence electrons. The Bertz CT molecular complexity index is 1610. The standard InChI is InChI=1S/C30H26N8O2/c31-14-12-27(39)34-23-6-4-21(5-7-23)26-3-1-2-22-20-33-30(36-29(22)26)35-24-8-10-25(11-9-24)37-16-18-38(19-17-37)28(40)13-15-32/h1-11,20H,12-13,16-19H2,(H,34,39)(H,33,35,36). The van der Waals surface area contributed by atoms with Gasteiger partial charge in [-0.1, -0.05) is 30.3 Å². The third-order valence-electron chi connectivity index (χ3n) is 6.68. The molecule has 2 N–H and O–H groups in total. The molecule has 4 aromatic rings. The summed E-state index contributed by atoms with van der Waals surface area (Å²) < 4.78 is 0. The van der Waals surface area contributed by atoms with E-state index in [0.717, 1.165) is 33.4 Å². The Hall–Kier alpha value is -5.48. The van der Waals surface area contributed by atoms with Crippen LogP contribution in [0.1, 0.15) is 12.8 Å². The van der Waals surface area contributed by atoms with Gasteiger partial charge in [-0.2, -0.15) is 10.5 Å². The summed E-state index contributed by atoms with van der Waals surface area (Å²) in [7, 11) is 0. The van der Waals surface area contributed by atoms with Gasteiger partial charge in [-0.05, 0) is 42.0 Å². The second kappa shape index (κ2) is 11.9. The molecule has 10 heteroatoms. The van der Waals surface area contributed by atoms with Crippen molar-refractivity contribution >= 4 is 45.7 Å². The van der Waals surface area contributed by atoms with Crippen LogP contribution >= 0.6 is 0 Å². The lowest BCUT2D eigenvalue weighted by atomic mass is 10.0. The van der Waals surface area contributed by atoms with E-state index in [0.29, 0.717) is 37.8 Å². The first-order chi connectivity index (χ1) is 19.5. The van der Waals surface area contributed by atoms with E-state index < -0.39 is 0 Å². The first-order valence-electron chi connectivity index (χ1n) is 12.8. The maximum Gasteiger partial charge on any atom is 0.238 e. The van der Waals surface area contributed by atoms with Crippen molar-refractivity contribution in [3.05, 3.63) is 72.9 Å². The number of hydrogen-bond acceptors (Lipinski definition) is 8. The van der Waals surface area contributed by atoms with Crippen LogP contribution in [-0.2, 0) is 9.59 Å². The SMILES string of the molecule is N#CCC(=O)Nc1ccc(-c2cccc3cnc(Nc4ccc(N5CCN(C(=O)CC#N)CC5)cc4)nc23)cc1. The van der Waals surface area contributed by atoms with Gasteiger partial charge in [0.05, 0.1) is 17.7 Å². The van der Waals surface area contributed by atoms with Crippen LogP contribution in [0.3, 0.4) is 0 Å². The van der Waals surface area contributed by atoms with Gasteiger partial charge in [0.25, 0.3) is 0 Å². The van der Waals surface area contributed by atoms with Crippen LogP contribution in [-0.4, -0.2) is 52.9 Å². The number of nitrogens with zero attached hydrogens (tertiary/aromatic N) is 6. The second-order valence-electron chi connectivity index (χ2n) is 9.27. The normalized spacial score (nSPS) is 12.8. The van der Waals surface area contributed by atoms with Crippen molar-refractivity contribution in [3.8, 4) is 23.3 Å². The number of aromatic nitrogens is 2. The van der Waals surface area contributed by atoms with Gasteiger partial charge in [0.1, 0.15) is 12.8 Å². The summed E-state index contributed by atoms with van der Waals surface area (Å²) in [4.78, 5) is 36.9. The van der Waals surface area contributed by atoms with E-state index in [1.807, 2.05) is 66.7 Å². The molecule has 5 rings (SSSR count). The summed E-state index contributed by atoms with van der Waals surface area (Å²) in [5.41, 5.74) is 5.20. The number of carbonyl (C=O) groups is 2. The fraction of sp³-hybridized carbons (Fsp3) is 0.200. The van der Waals surface area contributed by atoms with Crippen molar-refractivity contribution < 1.29 is 9.59 Å². The summed E-state index contributed by atoms with van der Waals surface area (Å²) in [5, 5.41) is 24.3. The van der Waals surface area contributed by atoms with E-state index in [2.05, 4.69) is 20.5 Å². The molecular weight excluding hydrogens is 504 g/mol. The number of hydrogen-bond donors (Lipinski definition) is 2. The van der Waals surface area contributed by atoms with Crippen molar-refractivity contribution in [1.82, 2.24) is 14.9 Å². The molecule has 0 radical (unpaired) electrons. The van der Waals surface area contributed by atoms with Gasteiger partial charge < -0.3 is 20.4 Å². The van der Waals surface area contributed by atoms with Crippen LogP contribution in [0.4, 0.5) is 23.0 Å². The molecule has 1 fully saturated rings. The molecule has 0 spiro atoms. The average Bonchev–Trinajstić information content (AvgIpc) is 2.98. The van der Waals surface area contributed by atoms with Crippen LogP contribution < -0.4 is 15.5 Å². The Labute approximate surface area is 231 Å². The van der Waals surface area contributed by atoms with Crippen LogP contribution in [0.25, 0.3) is 22.0 Å². The molecule has 10 nitrogen and oxygen atoms in total. The monoisotopic (exact) mass is 530 g/mol. The lowest BCUT2D eigenvalue weighted by Crippen LogP contribution is -2.48. The number of nitrogens with one attached hydrogen (secondary N) is 2. The minimum absolute atomic E-state index is 0.0746. The predicted molar refractivity (Wildman–Crippen MR) is 153 cm³/mol. The Morgan fingerprint density at radius 2 is 1.55 bits per heavy atom. The molecule has 0 aliphatic carbocycles. The zero-order valence-electron chi connectivity index (χ0n) is 21.7. The first-order valence-corrected chi connectivity index (χ1v) is 12.8. The zero-order chi connectivity index (χ0) is 27.9. The zero-order valence-corrected chi connectivity index (χ0v) is 21.7. The number of rotatable bonds is 7. The number of nitriles is 2. The number of amides is 2. The number of piperazine rings is 1. The molecule has 1 aromatic heterocycles. The van der Waals surface area contributed by atoms with Crippen LogP contribution in [0, 0.1) is 22.7 Å². The van der Waals surface area contributed by atoms with E-state index in [4.69, 9.17) is 15.5 Å². The number of carbonyl (C=O) groups excluding carboxylic acids is 2. The van der Waals surface area contributed by atoms with Gasteiger partial charge >= 0.3 is 0 Å². The van der Waals surface area contributed by atoms with Crippen molar-refractivity contribution in [3.63, 3.8) is 0 Å². The smallest absolute Gasteiger partial charge is 0.238 e. The molecule has 0 bridgehead atoms. The Morgan fingerprint density at radius 1 is 0.850 bits per heavy atom. The van der Waals surface area contributed by atoms with Gasteiger partial charge in [-0.25, -0.2) is 9.97 Å². The number of para-hydroxylation sites is 1. The molecular formula is C30H26N8O2. The van der Waals surface area contributed by atoms with Crippen LogP contribution in [0.2, 0.25) is 0 Å². The second-order valence-corrected chi connectivity index (χ2v) is 9.27. The first kappa shape index (κ1) is 26.1. The van der Waals surface area contributed by atoms with Crippen molar-refractivity contribution in [2.24, 2.45) is 0 Å². The molecule has 0 atom stereocenters. The Kier molecular flexibility index (Phi) is 7.79. The molecule has 1 saturated heterocycles. The number of benzene rings is 3. The number of anilines is 4. The quantitative estimate of drug-likeness (QED) is 0.357. The Morgan fingerprint density at radius 3 is 2.25 bits per heavy atom. The molecule has 2 amide bonds. The molecule has 2 heterocycles. The lowest BCUT2D eigenvalue weighted by molar-refractivity contribution is -0.130. The van der Waals surface area contributed by atoms with Crippen molar-refractivity contribution in [2.45, 2.75) is 12.8 Å². The summed E-state index contributed by atoms with van der Waals surface area (Å²) in [6, 6.07) is 25.1. The Balaban J connectivity index is 1.28. The minimum Gasteiger partial charge on any atom is -0.368 e. The highest BCUT2D eigenvalue weighted by Gasteiger charge is 2.21. The van der Waals surface area contributed by atoms with Gasteiger partial charge in [-0.3, -0.25) is 9.59 Å². The molecule has 0 saturated carbocycles. The predicted octanol–water partition coefficient (Wildman–Crippen LogP) is 4.45. The van der Waals surface area contributed by atoms with Crippen LogP contribution in [0.5, 0.6) is 0 Å². The summed E-state index contributed by atoms with van der Waals surface area (Å²) in [6.07, 6.45) is 1.52. The van der Waals surface area contributed by atoms with Crippen molar-refractivity contribution in [1.29, 1.82) is 10.5 Å². The lowest BCUT2D eigenvalue weighted by Gasteiger charge is -2.35. The molecule has 1 aliphatic heterocycles.